The number of alkyl halides is 3. The lowest BCUT2D eigenvalue weighted by atomic mass is 10.2. The van der Waals surface area contributed by atoms with Crippen molar-refractivity contribution in [3.05, 3.63) is 76.1 Å². The maximum absolute atomic E-state index is 12.9. The number of anilines is 2. The van der Waals surface area contributed by atoms with Crippen LogP contribution in [0.3, 0.4) is 0 Å². The molecule has 0 radical (unpaired) electrons. The van der Waals surface area contributed by atoms with Crippen LogP contribution in [0.25, 0.3) is 0 Å². The molecule has 0 aliphatic rings. The van der Waals surface area contributed by atoms with E-state index in [2.05, 4.69) is 15.6 Å². The minimum absolute atomic E-state index is 0.0538. The van der Waals surface area contributed by atoms with Crippen LogP contribution in [0.1, 0.15) is 25.6 Å². The molecule has 0 spiro atoms. The van der Waals surface area contributed by atoms with E-state index in [4.69, 9.17) is 4.74 Å². The van der Waals surface area contributed by atoms with Crippen LogP contribution in [0, 0.1) is 0 Å². The standard InChI is InChI=1S/C20H14F3N3O4S/c21-20(22,23)12-4-1-5-13(10-12)25-17-14(6-2-8-24-17)19(29)30-11-16(27)26-18(28)15-7-3-9-31-15/h1-10H,11H2,(H,24,25)(H,26,27,28). The van der Waals surface area contributed by atoms with Crippen LogP contribution in [-0.2, 0) is 15.7 Å². The van der Waals surface area contributed by atoms with Gasteiger partial charge in [-0.2, -0.15) is 13.2 Å². The number of carbonyl (C=O) groups excluding carboxylic acids is 3. The number of rotatable bonds is 6. The average molecular weight is 449 g/mol. The Morgan fingerprint density at radius 3 is 2.58 bits per heavy atom. The second-order valence-corrected chi connectivity index (χ2v) is 6.98. The average Bonchev–Trinajstić information content (AvgIpc) is 3.27. The molecule has 0 aliphatic carbocycles. The summed E-state index contributed by atoms with van der Waals surface area (Å²) in [6, 6.07) is 10.3. The molecule has 2 aromatic heterocycles. The Bertz CT molecular complexity index is 1100. The van der Waals surface area contributed by atoms with Crippen molar-refractivity contribution >= 4 is 40.6 Å². The number of imide groups is 1. The molecule has 160 valence electrons. The van der Waals surface area contributed by atoms with E-state index < -0.39 is 36.1 Å². The van der Waals surface area contributed by atoms with Crippen molar-refractivity contribution in [3.63, 3.8) is 0 Å². The van der Waals surface area contributed by atoms with E-state index in [1.54, 1.807) is 11.4 Å². The van der Waals surface area contributed by atoms with Crippen LogP contribution in [0.4, 0.5) is 24.7 Å². The highest BCUT2D eigenvalue weighted by molar-refractivity contribution is 7.12. The Morgan fingerprint density at radius 1 is 1.06 bits per heavy atom. The van der Waals surface area contributed by atoms with E-state index >= 15 is 0 Å². The number of thiophene rings is 1. The van der Waals surface area contributed by atoms with E-state index in [1.807, 2.05) is 0 Å². The highest BCUT2D eigenvalue weighted by Crippen LogP contribution is 2.31. The Labute approximate surface area is 177 Å². The first-order valence-corrected chi connectivity index (χ1v) is 9.56. The summed E-state index contributed by atoms with van der Waals surface area (Å²) in [6.45, 7) is -0.728. The molecule has 7 nitrogen and oxygen atoms in total. The molecule has 3 aromatic rings. The first-order valence-electron chi connectivity index (χ1n) is 8.68. The Kier molecular flexibility index (Phi) is 6.65. The summed E-state index contributed by atoms with van der Waals surface area (Å²) in [4.78, 5) is 40.3. The minimum atomic E-state index is -4.53. The number of hydrogen-bond acceptors (Lipinski definition) is 7. The zero-order valence-electron chi connectivity index (χ0n) is 15.6. The second-order valence-electron chi connectivity index (χ2n) is 6.03. The molecule has 0 atom stereocenters. The molecule has 0 saturated carbocycles. The van der Waals surface area contributed by atoms with Crippen molar-refractivity contribution in [3.8, 4) is 0 Å². The third kappa shape index (κ3) is 5.89. The predicted octanol–water partition coefficient (Wildman–Crippen LogP) is 4.02. The molecule has 0 aliphatic heterocycles. The predicted molar refractivity (Wildman–Crippen MR) is 106 cm³/mol. The van der Waals surface area contributed by atoms with Crippen molar-refractivity contribution in [2.24, 2.45) is 0 Å². The van der Waals surface area contributed by atoms with E-state index in [1.165, 1.54) is 36.5 Å². The highest BCUT2D eigenvalue weighted by Gasteiger charge is 2.30. The first-order chi connectivity index (χ1) is 14.7. The van der Waals surface area contributed by atoms with Crippen molar-refractivity contribution < 1.29 is 32.3 Å². The summed E-state index contributed by atoms with van der Waals surface area (Å²) in [7, 11) is 0. The van der Waals surface area contributed by atoms with Crippen molar-refractivity contribution in [2.45, 2.75) is 6.18 Å². The van der Waals surface area contributed by atoms with Crippen molar-refractivity contribution in [2.75, 3.05) is 11.9 Å². The molecule has 2 N–H and O–H groups in total. The smallest absolute Gasteiger partial charge is 0.416 e. The SMILES string of the molecule is O=C(COC(=O)c1cccnc1Nc1cccc(C(F)(F)F)c1)NC(=O)c1cccs1. The van der Waals surface area contributed by atoms with Gasteiger partial charge in [0.15, 0.2) is 6.61 Å². The molecular weight excluding hydrogens is 435 g/mol. The molecule has 0 unspecified atom stereocenters. The van der Waals surface area contributed by atoms with Crippen LogP contribution >= 0.6 is 11.3 Å². The summed E-state index contributed by atoms with van der Waals surface area (Å²) < 4.78 is 43.6. The maximum atomic E-state index is 12.9. The van der Waals surface area contributed by atoms with Gasteiger partial charge in [0, 0.05) is 11.9 Å². The van der Waals surface area contributed by atoms with Gasteiger partial charge in [-0.3, -0.25) is 14.9 Å². The fourth-order valence-corrected chi connectivity index (χ4v) is 3.04. The highest BCUT2D eigenvalue weighted by atomic mass is 32.1. The number of amides is 2. The van der Waals surface area contributed by atoms with Gasteiger partial charge in [0.1, 0.15) is 11.4 Å². The van der Waals surface area contributed by atoms with Gasteiger partial charge < -0.3 is 10.1 Å². The lowest BCUT2D eigenvalue weighted by molar-refractivity contribution is -0.137. The lowest BCUT2D eigenvalue weighted by Crippen LogP contribution is -2.33. The summed E-state index contributed by atoms with van der Waals surface area (Å²) in [6.07, 6.45) is -3.20. The molecule has 31 heavy (non-hydrogen) atoms. The number of carbonyl (C=O) groups is 3. The number of nitrogens with one attached hydrogen (secondary N) is 2. The number of nitrogens with zero attached hydrogens (tertiary/aromatic N) is 1. The quantitative estimate of drug-likeness (QED) is 0.552. The lowest BCUT2D eigenvalue weighted by Gasteiger charge is -2.12. The summed E-state index contributed by atoms with van der Waals surface area (Å²) in [5.74, 6) is -2.45. The van der Waals surface area contributed by atoms with Gasteiger partial charge in [0.05, 0.1) is 10.4 Å². The number of halogens is 3. The topological polar surface area (TPSA) is 97.4 Å². The third-order valence-electron chi connectivity index (χ3n) is 3.81. The van der Waals surface area contributed by atoms with E-state index in [-0.39, 0.29) is 17.1 Å². The van der Waals surface area contributed by atoms with Gasteiger partial charge in [-0.05, 0) is 41.8 Å². The molecule has 2 heterocycles. The fraction of sp³-hybridized carbons (Fsp3) is 0.100. The van der Waals surface area contributed by atoms with Crippen LogP contribution in [0.2, 0.25) is 0 Å². The molecule has 0 fully saturated rings. The number of hydrogen-bond donors (Lipinski definition) is 2. The number of ether oxygens (including phenoxy) is 1. The number of esters is 1. The maximum Gasteiger partial charge on any atom is 0.416 e. The number of benzene rings is 1. The van der Waals surface area contributed by atoms with Gasteiger partial charge in [0.2, 0.25) is 0 Å². The number of aromatic nitrogens is 1. The third-order valence-corrected chi connectivity index (χ3v) is 4.68. The Balaban J connectivity index is 1.65. The van der Waals surface area contributed by atoms with E-state index in [9.17, 15) is 27.6 Å². The number of pyridine rings is 1. The molecule has 0 bridgehead atoms. The first kappa shape index (κ1) is 22.0. The van der Waals surface area contributed by atoms with Crippen LogP contribution < -0.4 is 10.6 Å². The van der Waals surface area contributed by atoms with Crippen LogP contribution in [0.5, 0.6) is 0 Å². The summed E-state index contributed by atoms with van der Waals surface area (Å²) in [5.41, 5.74) is -0.913. The van der Waals surface area contributed by atoms with Gasteiger partial charge in [-0.15, -0.1) is 11.3 Å². The molecular formula is C20H14F3N3O4S. The molecule has 3 rings (SSSR count). The molecule has 1 aromatic carbocycles. The minimum Gasteiger partial charge on any atom is -0.452 e. The van der Waals surface area contributed by atoms with Crippen LogP contribution in [0.15, 0.2) is 60.1 Å². The largest absolute Gasteiger partial charge is 0.452 e. The van der Waals surface area contributed by atoms with E-state index in [0.717, 1.165) is 23.5 Å². The van der Waals surface area contributed by atoms with E-state index in [0.29, 0.717) is 4.88 Å². The summed E-state index contributed by atoms with van der Waals surface area (Å²) >= 11 is 1.14. The molecule has 0 saturated heterocycles. The van der Waals surface area contributed by atoms with Gasteiger partial charge >= 0.3 is 12.1 Å². The zero-order valence-corrected chi connectivity index (χ0v) is 16.4. The monoisotopic (exact) mass is 449 g/mol. The normalized spacial score (nSPS) is 10.9. The van der Waals surface area contributed by atoms with Crippen LogP contribution in [-0.4, -0.2) is 29.4 Å². The van der Waals surface area contributed by atoms with Gasteiger partial charge in [0.25, 0.3) is 11.8 Å². The molecule has 11 heteroatoms. The van der Waals surface area contributed by atoms with Crippen molar-refractivity contribution in [1.82, 2.24) is 10.3 Å². The second kappa shape index (κ2) is 9.39. The Morgan fingerprint density at radius 2 is 1.87 bits per heavy atom. The van der Waals surface area contributed by atoms with Gasteiger partial charge in [-0.25, -0.2) is 9.78 Å². The summed E-state index contributed by atoms with van der Waals surface area (Å²) in [5, 5.41) is 6.39. The Hall–Kier alpha value is -3.73. The van der Waals surface area contributed by atoms with Crippen molar-refractivity contribution in [1.29, 1.82) is 0 Å². The van der Waals surface area contributed by atoms with Gasteiger partial charge in [-0.1, -0.05) is 12.1 Å². The fourth-order valence-electron chi connectivity index (χ4n) is 2.42. The molecule has 2 amide bonds. The zero-order chi connectivity index (χ0) is 22.4.